The van der Waals surface area contributed by atoms with Gasteiger partial charge in [-0.15, -0.1) is 0 Å². The Labute approximate surface area is 275 Å². The van der Waals surface area contributed by atoms with E-state index in [1.165, 1.54) is 24.0 Å². The van der Waals surface area contributed by atoms with Crippen LogP contribution in [0.2, 0.25) is 0 Å². The molecule has 3 saturated carbocycles. The monoisotopic (exact) mass is 640 g/mol. The smallest absolute Gasteiger partial charge is 0.174 e. The number of carbonyl (C=O) groups excluding carboxylic acids is 2. The van der Waals surface area contributed by atoms with E-state index in [0.29, 0.717) is 37.0 Å². The van der Waals surface area contributed by atoms with Crippen LogP contribution < -0.4 is 14.2 Å². The number of Topliss-reactive ketones (excluding diaryl/α,β-unsaturated/α-hetero) is 2. The van der Waals surface area contributed by atoms with Crippen LogP contribution in [0.4, 0.5) is 0 Å². The maximum absolute atomic E-state index is 12.7. The summed E-state index contributed by atoms with van der Waals surface area (Å²) in [6.07, 6.45) is 7.80. The average Bonchev–Trinajstić information content (AvgIpc) is 3.70. The molecular weight excluding hydrogens is 596 g/mol. The molecule has 9 heteroatoms. The van der Waals surface area contributed by atoms with Crippen LogP contribution in [0.15, 0.2) is 24.3 Å². The highest BCUT2D eigenvalue weighted by atomic mass is 16.5. The van der Waals surface area contributed by atoms with Crippen LogP contribution in [0.1, 0.15) is 73.6 Å². The van der Waals surface area contributed by atoms with Crippen molar-refractivity contribution in [2.75, 3.05) is 33.8 Å². The molecule has 1 unspecified atom stereocenters. The normalized spacial score (nSPS) is 40.0. The maximum atomic E-state index is 12.7. The zero-order chi connectivity index (χ0) is 32.0. The summed E-state index contributed by atoms with van der Waals surface area (Å²) in [5.74, 6) is 3.85. The van der Waals surface area contributed by atoms with Crippen molar-refractivity contribution < 1.29 is 34.0 Å². The van der Waals surface area contributed by atoms with Crippen molar-refractivity contribution in [1.29, 1.82) is 0 Å². The number of benzene rings is 2. The molecule has 0 amide bonds. The van der Waals surface area contributed by atoms with E-state index >= 15 is 0 Å². The molecule has 4 bridgehead atoms. The molecule has 5 fully saturated rings. The van der Waals surface area contributed by atoms with Crippen LogP contribution in [0, 0.1) is 11.8 Å². The van der Waals surface area contributed by atoms with Gasteiger partial charge < -0.3 is 29.3 Å². The largest absolute Gasteiger partial charge is 0.504 e. The molecule has 47 heavy (non-hydrogen) atoms. The summed E-state index contributed by atoms with van der Waals surface area (Å²) >= 11 is 0. The van der Waals surface area contributed by atoms with Gasteiger partial charge in [-0.2, -0.15) is 0 Å². The molecule has 8 atom stereocenters. The van der Waals surface area contributed by atoms with E-state index in [1.54, 1.807) is 13.2 Å². The Balaban J connectivity index is 0.000000122. The van der Waals surface area contributed by atoms with Crippen molar-refractivity contribution in [3.63, 3.8) is 0 Å². The first-order chi connectivity index (χ1) is 22.7. The summed E-state index contributed by atoms with van der Waals surface area (Å²) in [6.45, 7) is 3.00. The van der Waals surface area contributed by atoms with Crippen LogP contribution in [0.3, 0.4) is 0 Å². The number of carbonyl (C=O) groups is 2. The van der Waals surface area contributed by atoms with Gasteiger partial charge in [0.1, 0.15) is 0 Å². The van der Waals surface area contributed by atoms with Crippen molar-refractivity contribution >= 4 is 11.6 Å². The Morgan fingerprint density at radius 1 is 0.894 bits per heavy atom. The summed E-state index contributed by atoms with van der Waals surface area (Å²) in [7, 11) is 3.91. The molecule has 0 aromatic heterocycles. The summed E-state index contributed by atoms with van der Waals surface area (Å²) in [6, 6.07) is 8.42. The van der Waals surface area contributed by atoms with Crippen molar-refractivity contribution in [3.8, 4) is 23.0 Å². The Kier molecular flexibility index (Phi) is 5.84. The molecule has 248 valence electrons. The number of phenolic OH excluding ortho intramolecular Hbond substituents is 1. The van der Waals surface area contributed by atoms with Gasteiger partial charge >= 0.3 is 0 Å². The lowest BCUT2D eigenvalue weighted by Gasteiger charge is -2.62. The maximum Gasteiger partial charge on any atom is 0.174 e. The molecule has 5 aliphatic carbocycles. The number of methoxy groups -OCH3 is 1. The summed E-state index contributed by atoms with van der Waals surface area (Å²) in [5.41, 5.74) is 3.03. The minimum Gasteiger partial charge on any atom is -0.504 e. The molecule has 4 aliphatic heterocycles. The topological polar surface area (TPSA) is 109 Å². The summed E-state index contributed by atoms with van der Waals surface area (Å²) in [5, 5.41) is 22.3. The fraction of sp³-hybridized carbons (Fsp3) is 0.632. The number of aromatic hydroxyl groups is 1. The summed E-state index contributed by atoms with van der Waals surface area (Å²) in [4.78, 5) is 30.3. The second kappa shape index (κ2) is 9.51. The lowest BCUT2D eigenvalue weighted by molar-refractivity contribution is -0.188. The molecule has 2 saturated heterocycles. The molecule has 11 rings (SSSR count). The predicted octanol–water partition coefficient (Wildman–Crippen LogP) is 3.46. The van der Waals surface area contributed by atoms with Crippen LogP contribution in [0.25, 0.3) is 0 Å². The molecule has 9 nitrogen and oxygen atoms in total. The van der Waals surface area contributed by atoms with Crippen molar-refractivity contribution in [3.05, 3.63) is 46.5 Å². The van der Waals surface area contributed by atoms with Gasteiger partial charge in [0.05, 0.1) is 18.1 Å². The molecule has 2 aromatic rings. The first kappa shape index (κ1) is 28.8. The highest BCUT2D eigenvalue weighted by molar-refractivity contribution is 5.90. The van der Waals surface area contributed by atoms with Crippen LogP contribution >= 0.6 is 0 Å². The van der Waals surface area contributed by atoms with Crippen LogP contribution in [-0.2, 0) is 33.3 Å². The molecule has 2 N–H and O–H groups in total. The van der Waals surface area contributed by atoms with E-state index in [4.69, 9.17) is 14.2 Å². The first-order valence-electron chi connectivity index (χ1n) is 17.8. The van der Waals surface area contributed by atoms with Gasteiger partial charge in [0, 0.05) is 48.0 Å². The fourth-order valence-corrected chi connectivity index (χ4v) is 11.9. The van der Waals surface area contributed by atoms with E-state index in [0.717, 1.165) is 80.3 Å². The van der Waals surface area contributed by atoms with Gasteiger partial charge in [-0.25, -0.2) is 0 Å². The van der Waals surface area contributed by atoms with Gasteiger partial charge in [0.25, 0.3) is 0 Å². The summed E-state index contributed by atoms with van der Waals surface area (Å²) < 4.78 is 17.8. The van der Waals surface area contributed by atoms with Gasteiger partial charge in [0.2, 0.25) is 0 Å². The molecule has 9 aliphatic rings. The quantitative estimate of drug-likeness (QED) is 0.522. The SMILES string of the molecule is COc1ccc2c3c1O[C@H]1C(=O)CCC4[C@@H](C2)N(C)CC[C@@]341.O=C1CC[C@@]2(O)[C@H]3Cc4ccc(O)c5c4[C@@]2(CCN3CC2CC2)[C@H]1O5. The minimum absolute atomic E-state index is 0.0454. The lowest BCUT2D eigenvalue weighted by Crippen LogP contribution is -2.76. The second-order valence-corrected chi connectivity index (χ2v) is 16.0. The van der Waals surface area contributed by atoms with Crippen molar-refractivity contribution in [2.24, 2.45) is 11.8 Å². The zero-order valence-corrected chi connectivity index (χ0v) is 27.3. The highest BCUT2D eigenvalue weighted by Crippen LogP contribution is 2.65. The van der Waals surface area contributed by atoms with E-state index < -0.39 is 17.1 Å². The van der Waals surface area contributed by atoms with E-state index in [9.17, 15) is 19.8 Å². The Hall–Kier alpha value is -3.14. The number of ether oxygens (including phenoxy) is 3. The number of rotatable bonds is 3. The third-order valence-electron chi connectivity index (χ3n) is 14.1. The number of hydrogen-bond donors (Lipinski definition) is 2. The Morgan fingerprint density at radius 3 is 2.47 bits per heavy atom. The molecule has 2 aromatic carbocycles. The predicted molar refractivity (Wildman–Crippen MR) is 171 cm³/mol. The number of likely N-dealkylation sites (N-methyl/N-ethyl adjacent to an activating group) is 1. The Bertz CT molecular complexity index is 1740. The van der Waals surface area contributed by atoms with Crippen molar-refractivity contribution in [1.82, 2.24) is 9.80 Å². The molecule has 4 heterocycles. The lowest BCUT2D eigenvalue weighted by atomic mass is 9.49. The number of phenols is 1. The Morgan fingerprint density at radius 2 is 1.66 bits per heavy atom. The van der Waals surface area contributed by atoms with Crippen LogP contribution in [0.5, 0.6) is 23.0 Å². The second-order valence-electron chi connectivity index (χ2n) is 16.0. The van der Waals surface area contributed by atoms with E-state index in [1.807, 2.05) is 12.1 Å². The van der Waals surface area contributed by atoms with Gasteiger partial charge in [0.15, 0.2) is 46.8 Å². The molecule has 2 spiro atoms. The number of piperidine rings is 2. The van der Waals surface area contributed by atoms with Crippen molar-refractivity contribution in [2.45, 2.75) is 105 Å². The van der Waals surface area contributed by atoms with Crippen LogP contribution in [-0.4, -0.2) is 95.3 Å². The van der Waals surface area contributed by atoms with Gasteiger partial charge in [-0.3, -0.25) is 14.5 Å². The number of likely N-dealkylation sites (tertiary alicyclic amines) is 2. The number of ketones is 2. The van der Waals surface area contributed by atoms with E-state index in [2.05, 4.69) is 22.9 Å². The third-order valence-corrected chi connectivity index (χ3v) is 14.1. The standard InChI is InChI=1S/C20H23NO4.C18H21NO3/c22-13-4-3-12-9-15-20(24)6-5-14(23)18-19(20,16(12)17(13)25-18)7-8-21(15)10-11-1-2-11;1-19-8-7-18-11-4-5-13(20)17(18)22-16-14(21-2)6-3-10(15(16)18)9-12(11)19/h3-4,11,15,18,22,24H,1-2,5-10H2;3,6,11-12,17H,4-5,7-9H2,1-2H3/t15-,18+,19+,20-;11?,12-,17+,18+/m11/s1. The number of nitrogens with zero attached hydrogens (tertiary/aromatic N) is 2. The average molecular weight is 641 g/mol. The number of aliphatic hydroxyl groups is 1. The zero-order valence-electron chi connectivity index (χ0n) is 27.3. The highest BCUT2D eigenvalue weighted by Gasteiger charge is 2.73. The third kappa shape index (κ3) is 3.46. The molecular formula is C38H44N2O7. The van der Waals surface area contributed by atoms with Gasteiger partial charge in [-0.05, 0) is 107 Å². The number of hydrogen-bond acceptors (Lipinski definition) is 9. The fourth-order valence-electron chi connectivity index (χ4n) is 11.9. The van der Waals surface area contributed by atoms with E-state index in [-0.39, 0.29) is 34.9 Å². The molecule has 0 radical (unpaired) electrons. The first-order valence-corrected chi connectivity index (χ1v) is 17.8. The minimum atomic E-state index is -0.940. The van der Waals surface area contributed by atoms with Gasteiger partial charge in [-0.1, -0.05) is 12.1 Å².